The predicted octanol–water partition coefficient (Wildman–Crippen LogP) is 2.85. The zero-order chi connectivity index (χ0) is 14.0. The Morgan fingerprint density at radius 2 is 2.16 bits per heavy atom. The third-order valence-corrected chi connectivity index (χ3v) is 4.05. The molecule has 1 heterocycles. The summed E-state index contributed by atoms with van der Waals surface area (Å²) in [5.74, 6) is 0.125. The van der Waals surface area contributed by atoms with Crippen LogP contribution < -0.4 is 4.90 Å². The highest BCUT2D eigenvalue weighted by atomic mass is 32.1. The van der Waals surface area contributed by atoms with Crippen LogP contribution in [0.5, 0.6) is 5.75 Å². The minimum absolute atomic E-state index is 0.125. The van der Waals surface area contributed by atoms with Gasteiger partial charge in [-0.05, 0) is 19.9 Å². The number of phenols is 1. The van der Waals surface area contributed by atoms with Crippen molar-refractivity contribution in [1.29, 1.82) is 0 Å². The standard InChI is InChI=1S/C14H18N2O2S/c1-9-14(19-8-15-9)7-16(3)11-4-5-12(10(2)17)13(18)6-11/h4-6,8,10,17-18H,7H2,1-3H3. The van der Waals surface area contributed by atoms with Crippen LogP contribution in [0.15, 0.2) is 23.7 Å². The summed E-state index contributed by atoms with van der Waals surface area (Å²) >= 11 is 1.63. The second-order valence-corrected chi connectivity index (χ2v) is 5.58. The molecule has 0 saturated carbocycles. The Labute approximate surface area is 117 Å². The lowest BCUT2D eigenvalue weighted by atomic mass is 10.1. The van der Waals surface area contributed by atoms with Gasteiger partial charge in [-0.1, -0.05) is 6.07 Å². The lowest BCUT2D eigenvalue weighted by molar-refractivity contribution is 0.195. The molecular formula is C14H18N2O2S. The fourth-order valence-electron chi connectivity index (χ4n) is 1.91. The number of anilines is 1. The number of aromatic hydroxyl groups is 1. The van der Waals surface area contributed by atoms with Gasteiger partial charge in [-0.15, -0.1) is 11.3 Å². The van der Waals surface area contributed by atoms with Crippen molar-refractivity contribution < 1.29 is 10.2 Å². The Morgan fingerprint density at radius 1 is 1.42 bits per heavy atom. The number of hydrogen-bond donors (Lipinski definition) is 2. The Kier molecular flexibility index (Phi) is 4.07. The normalized spacial score (nSPS) is 12.4. The molecule has 1 unspecified atom stereocenters. The summed E-state index contributed by atoms with van der Waals surface area (Å²) in [6.45, 7) is 4.39. The second kappa shape index (κ2) is 5.59. The van der Waals surface area contributed by atoms with Crippen molar-refractivity contribution in [3.05, 3.63) is 39.8 Å². The van der Waals surface area contributed by atoms with Gasteiger partial charge >= 0.3 is 0 Å². The van der Waals surface area contributed by atoms with E-state index in [1.165, 1.54) is 4.88 Å². The van der Waals surface area contributed by atoms with E-state index in [1.807, 2.05) is 30.4 Å². The molecule has 0 amide bonds. The van der Waals surface area contributed by atoms with Gasteiger partial charge in [0, 0.05) is 29.2 Å². The van der Waals surface area contributed by atoms with E-state index < -0.39 is 6.10 Å². The number of rotatable bonds is 4. The molecule has 0 aliphatic rings. The molecule has 1 atom stereocenters. The first kappa shape index (κ1) is 13.8. The largest absolute Gasteiger partial charge is 0.507 e. The second-order valence-electron chi connectivity index (χ2n) is 4.64. The number of phenolic OH excluding ortho intramolecular Hbond substituents is 1. The van der Waals surface area contributed by atoms with Crippen LogP contribution >= 0.6 is 11.3 Å². The lowest BCUT2D eigenvalue weighted by Gasteiger charge is -2.20. The van der Waals surface area contributed by atoms with Crippen molar-refractivity contribution in [3.63, 3.8) is 0 Å². The molecule has 102 valence electrons. The highest BCUT2D eigenvalue weighted by molar-refractivity contribution is 7.09. The zero-order valence-corrected chi connectivity index (χ0v) is 12.1. The van der Waals surface area contributed by atoms with Gasteiger partial charge in [0.05, 0.1) is 23.9 Å². The first-order chi connectivity index (χ1) is 8.99. The third kappa shape index (κ3) is 3.05. The Morgan fingerprint density at radius 3 is 2.68 bits per heavy atom. The predicted molar refractivity (Wildman–Crippen MR) is 77.7 cm³/mol. The smallest absolute Gasteiger partial charge is 0.123 e. The lowest BCUT2D eigenvalue weighted by Crippen LogP contribution is -2.16. The summed E-state index contributed by atoms with van der Waals surface area (Å²) in [7, 11) is 1.97. The number of aromatic nitrogens is 1. The van der Waals surface area contributed by atoms with Crippen LogP contribution in [-0.4, -0.2) is 22.2 Å². The molecular weight excluding hydrogens is 260 g/mol. The fraction of sp³-hybridized carbons (Fsp3) is 0.357. The highest BCUT2D eigenvalue weighted by Crippen LogP contribution is 2.29. The number of aliphatic hydroxyl groups is 1. The summed E-state index contributed by atoms with van der Waals surface area (Å²) in [6, 6.07) is 5.34. The first-order valence-electron chi connectivity index (χ1n) is 6.10. The van der Waals surface area contributed by atoms with Crippen LogP contribution in [0.2, 0.25) is 0 Å². The molecule has 0 radical (unpaired) electrons. The topological polar surface area (TPSA) is 56.6 Å². The summed E-state index contributed by atoms with van der Waals surface area (Å²) in [4.78, 5) is 7.49. The zero-order valence-electron chi connectivity index (χ0n) is 11.3. The summed E-state index contributed by atoms with van der Waals surface area (Å²) in [5, 5.41) is 19.4. The molecule has 0 aliphatic carbocycles. The van der Waals surface area contributed by atoms with Gasteiger partial charge in [0.2, 0.25) is 0 Å². The molecule has 0 fully saturated rings. The molecule has 0 bridgehead atoms. The van der Waals surface area contributed by atoms with Crippen LogP contribution in [0, 0.1) is 6.92 Å². The van der Waals surface area contributed by atoms with E-state index in [0.717, 1.165) is 17.9 Å². The highest BCUT2D eigenvalue weighted by Gasteiger charge is 2.11. The first-order valence-corrected chi connectivity index (χ1v) is 6.98. The SMILES string of the molecule is Cc1ncsc1CN(C)c1ccc(C(C)O)c(O)c1. The van der Waals surface area contributed by atoms with Gasteiger partial charge in [-0.3, -0.25) is 0 Å². The molecule has 19 heavy (non-hydrogen) atoms. The van der Waals surface area contributed by atoms with E-state index in [9.17, 15) is 10.2 Å². The van der Waals surface area contributed by atoms with Gasteiger partial charge in [-0.2, -0.15) is 0 Å². The van der Waals surface area contributed by atoms with Crippen molar-refractivity contribution in [2.45, 2.75) is 26.5 Å². The number of hydrogen-bond acceptors (Lipinski definition) is 5. The average molecular weight is 278 g/mol. The molecule has 2 rings (SSSR count). The summed E-state index contributed by atoms with van der Waals surface area (Å²) in [6.07, 6.45) is -0.664. The number of aryl methyl sites for hydroxylation is 1. The molecule has 0 aliphatic heterocycles. The van der Waals surface area contributed by atoms with E-state index in [0.29, 0.717) is 5.56 Å². The van der Waals surface area contributed by atoms with Crippen molar-refractivity contribution in [2.24, 2.45) is 0 Å². The van der Waals surface area contributed by atoms with E-state index >= 15 is 0 Å². The molecule has 4 nitrogen and oxygen atoms in total. The Balaban J connectivity index is 2.18. The Hall–Kier alpha value is -1.59. The van der Waals surface area contributed by atoms with Gasteiger partial charge in [-0.25, -0.2) is 4.98 Å². The molecule has 5 heteroatoms. The van der Waals surface area contributed by atoms with Crippen molar-refractivity contribution in [2.75, 3.05) is 11.9 Å². The van der Waals surface area contributed by atoms with Crippen LogP contribution in [0.1, 0.15) is 29.2 Å². The van der Waals surface area contributed by atoms with E-state index in [1.54, 1.807) is 30.4 Å². The average Bonchev–Trinajstić information content (AvgIpc) is 2.74. The van der Waals surface area contributed by atoms with Crippen LogP contribution in [0.4, 0.5) is 5.69 Å². The van der Waals surface area contributed by atoms with Gasteiger partial charge in [0.1, 0.15) is 5.75 Å². The van der Waals surface area contributed by atoms with Gasteiger partial charge in [0.25, 0.3) is 0 Å². The third-order valence-electron chi connectivity index (χ3n) is 3.13. The monoisotopic (exact) mass is 278 g/mol. The van der Waals surface area contributed by atoms with Crippen LogP contribution in [-0.2, 0) is 6.54 Å². The quantitative estimate of drug-likeness (QED) is 0.903. The van der Waals surface area contributed by atoms with Gasteiger partial charge < -0.3 is 15.1 Å². The Bertz CT molecular complexity index is 566. The maximum atomic E-state index is 9.89. The number of nitrogens with zero attached hydrogens (tertiary/aromatic N) is 2. The minimum atomic E-state index is -0.664. The van der Waals surface area contributed by atoms with E-state index in [4.69, 9.17) is 0 Å². The number of benzene rings is 1. The molecule has 0 saturated heterocycles. The van der Waals surface area contributed by atoms with Gasteiger partial charge in [0.15, 0.2) is 0 Å². The molecule has 1 aromatic heterocycles. The maximum absolute atomic E-state index is 9.89. The van der Waals surface area contributed by atoms with Crippen molar-refractivity contribution in [1.82, 2.24) is 4.98 Å². The van der Waals surface area contributed by atoms with E-state index in [-0.39, 0.29) is 5.75 Å². The summed E-state index contributed by atoms with van der Waals surface area (Å²) < 4.78 is 0. The molecule has 1 aromatic carbocycles. The van der Waals surface area contributed by atoms with E-state index in [2.05, 4.69) is 4.98 Å². The number of thiazole rings is 1. The molecule has 2 aromatic rings. The maximum Gasteiger partial charge on any atom is 0.123 e. The van der Waals surface area contributed by atoms with Crippen molar-refractivity contribution >= 4 is 17.0 Å². The van der Waals surface area contributed by atoms with Crippen LogP contribution in [0.25, 0.3) is 0 Å². The minimum Gasteiger partial charge on any atom is -0.507 e. The number of aliphatic hydroxyl groups excluding tert-OH is 1. The molecule has 2 N–H and O–H groups in total. The fourth-order valence-corrected chi connectivity index (χ4v) is 2.74. The van der Waals surface area contributed by atoms with Crippen molar-refractivity contribution in [3.8, 4) is 5.75 Å². The van der Waals surface area contributed by atoms with Crippen LogP contribution in [0.3, 0.4) is 0 Å². The summed E-state index contributed by atoms with van der Waals surface area (Å²) in [5.41, 5.74) is 4.34. The molecule has 0 spiro atoms.